The average Bonchev–Trinajstić information content (AvgIpc) is 2.76. The maximum Gasteiger partial charge on any atom is 0.338 e. The smallest absolute Gasteiger partial charge is 0.338 e. The zero-order chi connectivity index (χ0) is 17.2. The van der Waals surface area contributed by atoms with Gasteiger partial charge in [0.2, 0.25) is 0 Å². The Balaban J connectivity index is 2.15. The third-order valence-electron chi connectivity index (χ3n) is 3.04. The van der Waals surface area contributed by atoms with Gasteiger partial charge in [-0.2, -0.15) is 0 Å². The second-order valence-electron chi connectivity index (χ2n) is 6.36. The minimum Gasteiger partial charge on any atom is -0.466 e. The van der Waals surface area contributed by atoms with E-state index in [4.69, 9.17) is 9.15 Å². The molecule has 0 aliphatic rings. The molecule has 1 N–H and O–H groups in total. The molecule has 23 heavy (non-hydrogen) atoms. The van der Waals surface area contributed by atoms with Crippen LogP contribution in [-0.2, 0) is 4.74 Å². The number of amides is 1. The lowest BCUT2D eigenvalue weighted by Gasteiger charge is -2.19. The number of benzene rings is 1. The van der Waals surface area contributed by atoms with Crippen LogP contribution in [0.15, 0.2) is 34.7 Å². The lowest BCUT2D eigenvalue weighted by atomic mass is 10.1. The van der Waals surface area contributed by atoms with E-state index in [-0.39, 0.29) is 5.91 Å². The SMILES string of the molecule is Cc1cc(C(=O)Nc2cccc(C(=O)OC(C)(C)C)c2)c(C)o1. The van der Waals surface area contributed by atoms with Crippen LogP contribution in [0.5, 0.6) is 0 Å². The Morgan fingerprint density at radius 1 is 1.13 bits per heavy atom. The summed E-state index contributed by atoms with van der Waals surface area (Å²) in [4.78, 5) is 24.3. The fraction of sp³-hybridized carbons (Fsp3) is 0.333. The summed E-state index contributed by atoms with van der Waals surface area (Å²) < 4.78 is 10.7. The summed E-state index contributed by atoms with van der Waals surface area (Å²) in [5, 5.41) is 2.76. The van der Waals surface area contributed by atoms with Crippen molar-refractivity contribution < 1.29 is 18.7 Å². The predicted octanol–water partition coefficient (Wildman–Crippen LogP) is 4.10. The van der Waals surface area contributed by atoms with Gasteiger partial charge in [-0.25, -0.2) is 4.79 Å². The molecule has 2 aromatic rings. The van der Waals surface area contributed by atoms with Gasteiger partial charge >= 0.3 is 5.97 Å². The molecule has 5 heteroatoms. The van der Waals surface area contributed by atoms with Gasteiger partial charge in [-0.3, -0.25) is 4.79 Å². The van der Waals surface area contributed by atoms with Crippen molar-refractivity contribution in [3.63, 3.8) is 0 Å². The van der Waals surface area contributed by atoms with Crippen LogP contribution in [0, 0.1) is 13.8 Å². The number of hydrogen-bond donors (Lipinski definition) is 1. The largest absolute Gasteiger partial charge is 0.466 e. The summed E-state index contributed by atoms with van der Waals surface area (Å²) >= 11 is 0. The van der Waals surface area contributed by atoms with Crippen LogP contribution in [0.4, 0.5) is 5.69 Å². The summed E-state index contributed by atoms with van der Waals surface area (Å²) in [6, 6.07) is 8.34. The molecule has 5 nitrogen and oxygen atoms in total. The van der Waals surface area contributed by atoms with Crippen molar-refractivity contribution in [2.24, 2.45) is 0 Å². The lowest BCUT2D eigenvalue weighted by molar-refractivity contribution is 0.00694. The van der Waals surface area contributed by atoms with Crippen LogP contribution >= 0.6 is 0 Å². The zero-order valence-electron chi connectivity index (χ0n) is 14.0. The quantitative estimate of drug-likeness (QED) is 0.866. The highest BCUT2D eigenvalue weighted by atomic mass is 16.6. The summed E-state index contributed by atoms with van der Waals surface area (Å²) in [5.41, 5.74) is 0.821. The second kappa shape index (κ2) is 6.28. The highest BCUT2D eigenvalue weighted by Gasteiger charge is 2.19. The summed E-state index contributed by atoms with van der Waals surface area (Å²) in [6.45, 7) is 8.94. The first-order chi connectivity index (χ1) is 10.7. The molecule has 0 atom stereocenters. The average molecular weight is 315 g/mol. The normalized spacial score (nSPS) is 11.2. The molecule has 0 radical (unpaired) electrons. The molecule has 1 aromatic carbocycles. The topological polar surface area (TPSA) is 68.5 Å². The van der Waals surface area contributed by atoms with Crippen molar-refractivity contribution in [2.45, 2.75) is 40.2 Å². The standard InChI is InChI=1S/C18H21NO4/c1-11-9-15(12(2)22-11)16(20)19-14-8-6-7-13(10-14)17(21)23-18(3,4)5/h6-10H,1-5H3,(H,19,20). The third-order valence-corrected chi connectivity index (χ3v) is 3.04. The molecular formula is C18H21NO4. The molecule has 0 aliphatic carbocycles. The summed E-state index contributed by atoms with van der Waals surface area (Å²) in [7, 11) is 0. The first kappa shape index (κ1) is 16.8. The zero-order valence-corrected chi connectivity index (χ0v) is 14.0. The molecule has 0 unspecified atom stereocenters. The van der Waals surface area contributed by atoms with Crippen LogP contribution in [0.25, 0.3) is 0 Å². The van der Waals surface area contributed by atoms with E-state index in [9.17, 15) is 9.59 Å². The highest BCUT2D eigenvalue weighted by Crippen LogP contribution is 2.18. The Hall–Kier alpha value is -2.56. The molecule has 0 aliphatic heterocycles. The van der Waals surface area contributed by atoms with Crippen molar-refractivity contribution in [3.8, 4) is 0 Å². The van der Waals surface area contributed by atoms with E-state index in [0.717, 1.165) is 0 Å². The molecule has 0 saturated heterocycles. The van der Waals surface area contributed by atoms with Gasteiger partial charge in [-0.05, 0) is 58.9 Å². The van der Waals surface area contributed by atoms with E-state index in [1.54, 1.807) is 65.0 Å². The number of anilines is 1. The molecule has 0 bridgehead atoms. The molecular weight excluding hydrogens is 294 g/mol. The fourth-order valence-electron chi connectivity index (χ4n) is 2.12. The molecule has 1 heterocycles. The van der Waals surface area contributed by atoms with E-state index in [1.165, 1.54) is 0 Å². The maximum atomic E-state index is 12.3. The number of carbonyl (C=O) groups is 2. The highest BCUT2D eigenvalue weighted by molar-refractivity contribution is 6.05. The van der Waals surface area contributed by atoms with Gasteiger partial charge in [0.15, 0.2) is 0 Å². The molecule has 0 saturated carbocycles. The lowest BCUT2D eigenvalue weighted by Crippen LogP contribution is -2.24. The molecule has 1 amide bonds. The number of hydrogen-bond acceptors (Lipinski definition) is 4. The molecule has 122 valence electrons. The minimum atomic E-state index is -0.568. The Labute approximate surface area is 135 Å². The Morgan fingerprint density at radius 3 is 2.39 bits per heavy atom. The van der Waals surface area contributed by atoms with Crippen molar-refractivity contribution >= 4 is 17.6 Å². The van der Waals surface area contributed by atoms with Crippen molar-refractivity contribution in [1.29, 1.82) is 0 Å². The molecule has 0 spiro atoms. The van der Waals surface area contributed by atoms with Gasteiger partial charge in [-0.1, -0.05) is 6.07 Å². The number of carbonyl (C=O) groups excluding carboxylic acids is 2. The summed E-state index contributed by atoms with van der Waals surface area (Å²) in [6.07, 6.45) is 0. The number of ether oxygens (including phenoxy) is 1. The number of aryl methyl sites for hydroxylation is 2. The van der Waals surface area contributed by atoms with Crippen molar-refractivity contribution in [1.82, 2.24) is 0 Å². The number of nitrogens with one attached hydrogen (secondary N) is 1. The van der Waals surface area contributed by atoms with Gasteiger partial charge in [-0.15, -0.1) is 0 Å². The second-order valence-corrected chi connectivity index (χ2v) is 6.36. The van der Waals surface area contributed by atoms with Gasteiger partial charge in [0.25, 0.3) is 5.91 Å². The van der Waals surface area contributed by atoms with Gasteiger partial charge in [0.05, 0.1) is 11.1 Å². The number of furan rings is 1. The van der Waals surface area contributed by atoms with Gasteiger partial charge < -0.3 is 14.5 Å². The van der Waals surface area contributed by atoms with E-state index >= 15 is 0 Å². The predicted molar refractivity (Wildman–Crippen MR) is 87.7 cm³/mol. The van der Waals surface area contributed by atoms with Crippen molar-refractivity contribution in [3.05, 3.63) is 53.0 Å². The van der Waals surface area contributed by atoms with E-state index < -0.39 is 11.6 Å². The van der Waals surface area contributed by atoms with Crippen LogP contribution in [-0.4, -0.2) is 17.5 Å². The first-order valence-corrected chi connectivity index (χ1v) is 7.37. The van der Waals surface area contributed by atoms with Crippen LogP contribution in [0.2, 0.25) is 0 Å². The maximum absolute atomic E-state index is 12.3. The van der Waals surface area contributed by atoms with E-state index in [0.29, 0.717) is 28.3 Å². The number of rotatable bonds is 3. The van der Waals surface area contributed by atoms with Crippen molar-refractivity contribution in [2.75, 3.05) is 5.32 Å². The van der Waals surface area contributed by atoms with Gasteiger partial charge in [0, 0.05) is 5.69 Å². The molecule has 2 rings (SSSR count). The molecule has 1 aromatic heterocycles. The van der Waals surface area contributed by atoms with Gasteiger partial charge in [0.1, 0.15) is 17.1 Å². The van der Waals surface area contributed by atoms with Crippen LogP contribution < -0.4 is 5.32 Å². The molecule has 0 fully saturated rings. The summed E-state index contributed by atoms with van der Waals surface area (Å²) in [5.74, 6) is 0.531. The third kappa shape index (κ3) is 4.45. The van der Waals surface area contributed by atoms with E-state index in [1.807, 2.05) is 0 Å². The fourth-order valence-corrected chi connectivity index (χ4v) is 2.12. The van der Waals surface area contributed by atoms with E-state index in [2.05, 4.69) is 5.32 Å². The Bertz CT molecular complexity index is 738. The monoisotopic (exact) mass is 315 g/mol. The van der Waals surface area contributed by atoms with Crippen LogP contribution in [0.3, 0.4) is 0 Å². The minimum absolute atomic E-state index is 0.277. The Kier molecular flexibility index (Phi) is 4.59. The Morgan fingerprint density at radius 2 is 1.83 bits per heavy atom. The van der Waals surface area contributed by atoms with Crippen LogP contribution in [0.1, 0.15) is 53.0 Å². The first-order valence-electron chi connectivity index (χ1n) is 7.37. The number of esters is 1.